The molecule has 0 fully saturated rings. The van der Waals surface area contributed by atoms with Crippen molar-refractivity contribution in [3.8, 4) is 11.1 Å². The fourth-order valence-electron chi connectivity index (χ4n) is 2.42. The number of ether oxygens (including phenoxy) is 1. The Kier molecular flexibility index (Phi) is 6.13. The highest BCUT2D eigenvalue weighted by Gasteiger charge is 2.20. The highest BCUT2D eigenvalue weighted by Crippen LogP contribution is 2.28. The molecule has 0 bridgehead atoms. The number of aliphatic hydroxyl groups is 1. The van der Waals surface area contributed by atoms with Gasteiger partial charge in [0.2, 0.25) is 0 Å². The van der Waals surface area contributed by atoms with E-state index in [1.165, 1.54) is 7.11 Å². The van der Waals surface area contributed by atoms with Gasteiger partial charge in [0.1, 0.15) is 5.92 Å². The summed E-state index contributed by atoms with van der Waals surface area (Å²) in [6.45, 7) is -0.780. The number of halogens is 2. The van der Waals surface area contributed by atoms with Crippen LogP contribution in [0.3, 0.4) is 0 Å². The second-order valence-corrected chi connectivity index (χ2v) is 5.54. The minimum Gasteiger partial charge on any atom is -0.468 e. The maximum atomic E-state index is 12.4. The first-order chi connectivity index (χ1) is 11.1. The van der Waals surface area contributed by atoms with Crippen molar-refractivity contribution in [3.05, 3.63) is 58.6 Å². The van der Waals surface area contributed by atoms with Crippen LogP contribution in [-0.2, 0) is 16.0 Å². The summed E-state index contributed by atoms with van der Waals surface area (Å²) in [5, 5.41) is 9.94. The molecule has 0 aliphatic rings. The summed E-state index contributed by atoms with van der Waals surface area (Å²) in [7, 11) is 1.29. The van der Waals surface area contributed by atoms with Crippen LogP contribution >= 0.6 is 11.6 Å². The van der Waals surface area contributed by atoms with Gasteiger partial charge in [-0.25, -0.2) is 0 Å². The molecule has 2 aromatic carbocycles. The molecule has 0 spiro atoms. The number of benzene rings is 2. The predicted octanol–water partition coefficient (Wildman–Crippen LogP) is 3.77. The molecular weight excluding hydrogens is 319 g/mol. The number of carbonyl (C=O) groups is 1. The number of alkyl halides is 1. The summed E-state index contributed by atoms with van der Waals surface area (Å²) in [6, 6.07) is 12.7. The molecule has 1 unspecified atom stereocenters. The maximum Gasteiger partial charge on any atom is 0.315 e. The fraction of sp³-hybridized carbons (Fsp3) is 0.278. The molecule has 0 aromatic heterocycles. The van der Waals surface area contributed by atoms with Gasteiger partial charge >= 0.3 is 5.97 Å². The van der Waals surface area contributed by atoms with Gasteiger partial charge in [-0.05, 0) is 28.3 Å². The molecule has 23 heavy (non-hydrogen) atoms. The number of hydrogen-bond donors (Lipinski definition) is 1. The lowest BCUT2D eigenvalue weighted by atomic mass is 9.95. The number of esters is 1. The van der Waals surface area contributed by atoms with E-state index < -0.39 is 18.6 Å². The van der Waals surface area contributed by atoms with Crippen LogP contribution in [0.25, 0.3) is 11.1 Å². The standard InChI is InChI=1S/C18H18ClFO3/c1-23-18(22)16(11-21)15-4-2-3-13(9-15)14-6-5-12(7-8-20)17(19)10-14/h2-6,9-10,16,21H,7-8,11H2,1H3. The van der Waals surface area contributed by atoms with Crippen LogP contribution in [0, 0.1) is 0 Å². The van der Waals surface area contributed by atoms with E-state index in [1.54, 1.807) is 24.3 Å². The van der Waals surface area contributed by atoms with Crippen LogP contribution in [-0.4, -0.2) is 31.5 Å². The third-order valence-electron chi connectivity index (χ3n) is 3.71. The summed E-state index contributed by atoms with van der Waals surface area (Å²) < 4.78 is 17.2. The molecule has 0 amide bonds. The van der Waals surface area contributed by atoms with Crippen LogP contribution in [0.5, 0.6) is 0 Å². The summed E-state index contributed by atoms with van der Waals surface area (Å²) >= 11 is 6.18. The normalized spacial score (nSPS) is 12.0. The summed E-state index contributed by atoms with van der Waals surface area (Å²) in [6.07, 6.45) is 0.286. The van der Waals surface area contributed by atoms with E-state index in [9.17, 15) is 14.3 Å². The molecule has 2 rings (SSSR count). The molecule has 2 aromatic rings. The molecule has 0 aliphatic heterocycles. The van der Waals surface area contributed by atoms with Gasteiger partial charge in [-0.15, -0.1) is 0 Å². The maximum absolute atomic E-state index is 12.4. The second kappa shape index (κ2) is 8.09. The summed E-state index contributed by atoms with van der Waals surface area (Å²) in [5.41, 5.74) is 3.15. The Morgan fingerprint density at radius 2 is 2.00 bits per heavy atom. The third-order valence-corrected chi connectivity index (χ3v) is 4.06. The average molecular weight is 337 g/mol. The van der Waals surface area contributed by atoms with Crippen LogP contribution in [0.15, 0.2) is 42.5 Å². The molecule has 1 atom stereocenters. The average Bonchev–Trinajstić information content (AvgIpc) is 2.57. The summed E-state index contributed by atoms with van der Waals surface area (Å²) in [4.78, 5) is 11.7. The van der Waals surface area contributed by atoms with Gasteiger partial charge in [-0.3, -0.25) is 9.18 Å². The van der Waals surface area contributed by atoms with Gasteiger partial charge in [0.05, 0.1) is 20.4 Å². The monoisotopic (exact) mass is 336 g/mol. The predicted molar refractivity (Wildman–Crippen MR) is 88.4 cm³/mol. The van der Waals surface area contributed by atoms with Crippen LogP contribution in [0.2, 0.25) is 5.02 Å². The van der Waals surface area contributed by atoms with E-state index in [0.29, 0.717) is 10.6 Å². The molecule has 0 radical (unpaired) electrons. The molecule has 0 heterocycles. The van der Waals surface area contributed by atoms with Crippen LogP contribution in [0.4, 0.5) is 4.39 Å². The highest BCUT2D eigenvalue weighted by atomic mass is 35.5. The van der Waals surface area contributed by atoms with Crippen LogP contribution in [0.1, 0.15) is 17.0 Å². The number of carbonyl (C=O) groups excluding carboxylic acids is 1. The van der Waals surface area contributed by atoms with Gasteiger partial charge in [-0.1, -0.05) is 48.0 Å². The molecule has 0 aliphatic carbocycles. The first-order valence-electron chi connectivity index (χ1n) is 7.24. The Morgan fingerprint density at radius 1 is 1.26 bits per heavy atom. The zero-order chi connectivity index (χ0) is 16.8. The van der Waals surface area contributed by atoms with Crippen molar-refractivity contribution in [2.45, 2.75) is 12.3 Å². The minimum atomic E-state index is -0.721. The number of rotatable bonds is 6. The van der Waals surface area contributed by atoms with Crippen molar-refractivity contribution >= 4 is 17.6 Å². The Hall–Kier alpha value is -1.91. The van der Waals surface area contributed by atoms with Crippen molar-refractivity contribution in [1.82, 2.24) is 0 Å². The van der Waals surface area contributed by atoms with E-state index in [2.05, 4.69) is 0 Å². The third kappa shape index (κ3) is 4.09. The van der Waals surface area contributed by atoms with Crippen molar-refractivity contribution < 1.29 is 19.0 Å². The Bertz CT molecular complexity index is 688. The Balaban J connectivity index is 2.36. The molecule has 3 nitrogen and oxygen atoms in total. The van der Waals surface area contributed by atoms with Gasteiger partial charge in [0, 0.05) is 11.4 Å². The first-order valence-corrected chi connectivity index (χ1v) is 7.62. The van der Waals surface area contributed by atoms with Crippen molar-refractivity contribution in [2.24, 2.45) is 0 Å². The van der Waals surface area contributed by atoms with Gasteiger partial charge in [0.25, 0.3) is 0 Å². The van der Waals surface area contributed by atoms with E-state index in [0.717, 1.165) is 16.7 Å². The van der Waals surface area contributed by atoms with Crippen molar-refractivity contribution in [1.29, 1.82) is 0 Å². The zero-order valence-electron chi connectivity index (χ0n) is 12.8. The zero-order valence-corrected chi connectivity index (χ0v) is 13.5. The van der Waals surface area contributed by atoms with Gasteiger partial charge in [0.15, 0.2) is 0 Å². The lowest BCUT2D eigenvalue weighted by Gasteiger charge is -2.14. The smallest absolute Gasteiger partial charge is 0.315 e. The quantitative estimate of drug-likeness (QED) is 0.817. The minimum absolute atomic E-state index is 0.286. The SMILES string of the molecule is COC(=O)C(CO)c1cccc(-c2ccc(CCF)c(Cl)c2)c1. The van der Waals surface area contributed by atoms with E-state index in [4.69, 9.17) is 16.3 Å². The van der Waals surface area contributed by atoms with Crippen molar-refractivity contribution in [2.75, 3.05) is 20.4 Å². The largest absolute Gasteiger partial charge is 0.468 e. The van der Waals surface area contributed by atoms with Gasteiger partial charge < -0.3 is 9.84 Å². The number of hydrogen-bond acceptors (Lipinski definition) is 3. The number of methoxy groups -OCH3 is 1. The molecule has 5 heteroatoms. The topological polar surface area (TPSA) is 46.5 Å². The van der Waals surface area contributed by atoms with E-state index in [-0.39, 0.29) is 13.0 Å². The lowest BCUT2D eigenvalue weighted by molar-refractivity contribution is -0.143. The Labute approximate surface area is 139 Å². The molecule has 0 saturated carbocycles. The lowest BCUT2D eigenvalue weighted by Crippen LogP contribution is -2.17. The first kappa shape index (κ1) is 17.4. The molecular formula is C18H18ClFO3. The molecule has 122 valence electrons. The molecule has 0 saturated heterocycles. The highest BCUT2D eigenvalue weighted by molar-refractivity contribution is 6.31. The van der Waals surface area contributed by atoms with E-state index >= 15 is 0 Å². The summed E-state index contributed by atoms with van der Waals surface area (Å²) in [5.74, 6) is -1.21. The van der Waals surface area contributed by atoms with Crippen LogP contribution < -0.4 is 0 Å². The number of aryl methyl sites for hydroxylation is 1. The van der Waals surface area contributed by atoms with Crippen molar-refractivity contribution in [3.63, 3.8) is 0 Å². The molecule has 1 N–H and O–H groups in total. The number of aliphatic hydroxyl groups excluding tert-OH is 1. The second-order valence-electron chi connectivity index (χ2n) is 5.13. The van der Waals surface area contributed by atoms with E-state index in [1.807, 2.05) is 18.2 Å². The fourth-order valence-corrected chi connectivity index (χ4v) is 2.70. The van der Waals surface area contributed by atoms with Gasteiger partial charge in [-0.2, -0.15) is 0 Å². The Morgan fingerprint density at radius 3 is 2.61 bits per heavy atom.